The molecule has 0 bridgehead atoms. The van der Waals surface area contributed by atoms with Crippen LogP contribution in [0.2, 0.25) is 0 Å². The Bertz CT molecular complexity index is 1050. The minimum Gasteiger partial charge on any atom is -0.530 e. The predicted octanol–water partition coefficient (Wildman–Crippen LogP) is 4.63. The molecule has 3 aromatic rings. The highest BCUT2D eigenvalue weighted by molar-refractivity contribution is 7.99. The van der Waals surface area contributed by atoms with Gasteiger partial charge in [-0.1, -0.05) is 60.3 Å². The molecule has 0 radical (unpaired) electrons. The zero-order valence-electron chi connectivity index (χ0n) is 14.7. The van der Waals surface area contributed by atoms with E-state index in [0.29, 0.717) is 11.4 Å². The molecule has 1 aliphatic heterocycles. The number of nitrogens with one attached hydrogen (secondary N) is 2. The Morgan fingerprint density at radius 2 is 1.54 bits per heavy atom. The SMILES string of the molecule is O=C([O-])N(Cc1ccccc1)P1(=O)Nc2ccc(Sc3ccccc3)cc2N1. The quantitative estimate of drug-likeness (QED) is 0.597. The largest absolute Gasteiger partial charge is 0.530 e. The van der Waals surface area contributed by atoms with E-state index in [-0.39, 0.29) is 6.54 Å². The number of rotatable bonds is 5. The van der Waals surface area contributed by atoms with Gasteiger partial charge < -0.3 is 20.1 Å². The average molecular weight is 410 g/mol. The Balaban J connectivity index is 1.56. The molecule has 8 heteroatoms. The Morgan fingerprint density at radius 1 is 0.893 bits per heavy atom. The van der Waals surface area contributed by atoms with Gasteiger partial charge >= 0.3 is 7.59 Å². The van der Waals surface area contributed by atoms with Crippen molar-refractivity contribution in [2.24, 2.45) is 0 Å². The molecular formula is C20H17N3O3PS-. The normalized spacial score (nSPS) is 17.3. The lowest BCUT2D eigenvalue weighted by molar-refractivity contribution is -0.260. The van der Waals surface area contributed by atoms with E-state index in [1.165, 1.54) is 0 Å². The van der Waals surface area contributed by atoms with Crippen molar-refractivity contribution in [1.82, 2.24) is 4.67 Å². The fourth-order valence-electron chi connectivity index (χ4n) is 2.91. The lowest BCUT2D eigenvalue weighted by Gasteiger charge is -2.30. The predicted molar refractivity (Wildman–Crippen MR) is 109 cm³/mol. The summed E-state index contributed by atoms with van der Waals surface area (Å²) in [5, 5.41) is 17.4. The Kier molecular flexibility index (Phi) is 5.03. The number of carbonyl (C=O) groups is 1. The molecule has 1 amide bonds. The van der Waals surface area contributed by atoms with Crippen molar-refractivity contribution >= 4 is 36.8 Å². The molecule has 2 N–H and O–H groups in total. The van der Waals surface area contributed by atoms with Crippen molar-refractivity contribution in [2.75, 3.05) is 10.2 Å². The molecule has 0 saturated carbocycles. The second-order valence-electron chi connectivity index (χ2n) is 6.23. The van der Waals surface area contributed by atoms with Crippen molar-refractivity contribution in [1.29, 1.82) is 0 Å². The van der Waals surface area contributed by atoms with E-state index in [9.17, 15) is 14.5 Å². The molecule has 1 heterocycles. The number of carboxylic acid groups (broad SMARTS) is 1. The van der Waals surface area contributed by atoms with Crippen molar-refractivity contribution in [2.45, 2.75) is 16.3 Å². The van der Waals surface area contributed by atoms with Gasteiger partial charge in [0, 0.05) is 9.79 Å². The summed E-state index contributed by atoms with van der Waals surface area (Å²) in [5.41, 5.74) is 1.92. The molecule has 0 aliphatic carbocycles. The van der Waals surface area contributed by atoms with Crippen LogP contribution in [0.1, 0.15) is 5.56 Å². The van der Waals surface area contributed by atoms with Gasteiger partial charge in [0.25, 0.3) is 0 Å². The van der Waals surface area contributed by atoms with Crippen LogP contribution < -0.4 is 15.3 Å². The highest BCUT2D eigenvalue weighted by Crippen LogP contribution is 2.57. The Labute approximate surface area is 167 Å². The number of amides is 1. The maximum atomic E-state index is 13.4. The summed E-state index contributed by atoms with van der Waals surface area (Å²) in [6.45, 7) is -0.0416. The van der Waals surface area contributed by atoms with Gasteiger partial charge in [-0.25, -0.2) is 0 Å². The van der Waals surface area contributed by atoms with Crippen LogP contribution in [0.4, 0.5) is 16.2 Å². The number of carbonyl (C=O) groups excluding carboxylic acids is 1. The molecular weight excluding hydrogens is 393 g/mol. The van der Waals surface area contributed by atoms with Crippen molar-refractivity contribution in [3.63, 3.8) is 0 Å². The third kappa shape index (κ3) is 3.86. The highest BCUT2D eigenvalue weighted by Gasteiger charge is 2.37. The highest BCUT2D eigenvalue weighted by atomic mass is 32.2. The van der Waals surface area contributed by atoms with Crippen LogP contribution in [0.5, 0.6) is 0 Å². The molecule has 6 nitrogen and oxygen atoms in total. The van der Waals surface area contributed by atoms with E-state index in [2.05, 4.69) is 10.2 Å². The minimum absolute atomic E-state index is 0.0416. The number of nitrogens with zero attached hydrogens (tertiary/aromatic N) is 1. The van der Waals surface area contributed by atoms with Crippen LogP contribution in [-0.4, -0.2) is 10.8 Å². The van der Waals surface area contributed by atoms with E-state index in [1.807, 2.05) is 48.5 Å². The maximum Gasteiger partial charge on any atom is 0.356 e. The first-order chi connectivity index (χ1) is 13.5. The first kappa shape index (κ1) is 18.5. The summed E-state index contributed by atoms with van der Waals surface area (Å²) in [6, 6.07) is 24.4. The maximum absolute atomic E-state index is 13.4. The monoisotopic (exact) mass is 410 g/mol. The molecule has 0 saturated heterocycles. The van der Waals surface area contributed by atoms with Crippen LogP contribution in [0, 0.1) is 0 Å². The van der Waals surface area contributed by atoms with Crippen LogP contribution in [-0.2, 0) is 11.1 Å². The van der Waals surface area contributed by atoms with E-state index >= 15 is 0 Å². The first-order valence-corrected chi connectivity index (χ1v) is 11.1. The van der Waals surface area contributed by atoms with Crippen molar-refractivity contribution in [3.8, 4) is 0 Å². The molecule has 1 aliphatic rings. The number of hydrogen-bond acceptors (Lipinski definition) is 4. The van der Waals surface area contributed by atoms with Gasteiger partial charge in [-0.15, -0.1) is 0 Å². The van der Waals surface area contributed by atoms with Gasteiger partial charge in [-0.05, 0) is 35.9 Å². The number of hydrogen-bond donors (Lipinski definition) is 2. The first-order valence-electron chi connectivity index (χ1n) is 8.60. The average Bonchev–Trinajstić information content (AvgIpc) is 3.04. The number of anilines is 2. The van der Waals surface area contributed by atoms with Crippen molar-refractivity contribution in [3.05, 3.63) is 84.4 Å². The van der Waals surface area contributed by atoms with Gasteiger partial charge in [-0.3, -0.25) is 9.24 Å². The molecule has 142 valence electrons. The van der Waals surface area contributed by atoms with Crippen LogP contribution in [0.25, 0.3) is 0 Å². The van der Waals surface area contributed by atoms with Gasteiger partial charge in [-0.2, -0.15) is 0 Å². The lowest BCUT2D eigenvalue weighted by atomic mass is 10.2. The third-order valence-corrected chi connectivity index (χ3v) is 7.31. The van der Waals surface area contributed by atoms with Crippen LogP contribution >= 0.6 is 19.4 Å². The summed E-state index contributed by atoms with van der Waals surface area (Å²) in [7, 11) is -3.62. The number of fused-ring (bicyclic) bond motifs is 1. The van der Waals surface area contributed by atoms with Gasteiger partial charge in [0.1, 0.15) is 6.09 Å². The van der Waals surface area contributed by atoms with Crippen LogP contribution in [0.3, 0.4) is 0 Å². The summed E-state index contributed by atoms with van der Waals surface area (Å²) >= 11 is 1.57. The number of benzene rings is 3. The van der Waals surface area contributed by atoms with Gasteiger partial charge in [0.05, 0.1) is 17.9 Å². The smallest absolute Gasteiger partial charge is 0.356 e. The lowest BCUT2D eigenvalue weighted by Crippen LogP contribution is -2.40. The van der Waals surface area contributed by atoms with Gasteiger partial charge in [0.2, 0.25) is 0 Å². The van der Waals surface area contributed by atoms with Crippen molar-refractivity contribution < 1.29 is 14.5 Å². The second-order valence-corrected chi connectivity index (χ2v) is 9.46. The fraction of sp³-hybridized carbons (Fsp3) is 0.0500. The van der Waals surface area contributed by atoms with Crippen LogP contribution in [0.15, 0.2) is 88.7 Å². The van der Waals surface area contributed by atoms with E-state index in [1.54, 1.807) is 42.1 Å². The standard InChI is InChI=1S/C20H18N3O3PS/c24-20(25)23(14-15-7-3-1-4-8-15)27(26)21-18-12-11-17(13-19(18)22-27)28-16-9-5-2-6-10-16/h1-13H,14H2,(H,24,25)(H2,21,22,26)/p-1. The summed E-state index contributed by atoms with van der Waals surface area (Å²) in [6.07, 6.45) is -1.50. The zero-order valence-corrected chi connectivity index (χ0v) is 16.5. The molecule has 0 spiro atoms. The van der Waals surface area contributed by atoms with Gasteiger partial charge in [0.15, 0.2) is 0 Å². The van der Waals surface area contributed by atoms with E-state index in [4.69, 9.17) is 0 Å². The topological polar surface area (TPSA) is 84.5 Å². The summed E-state index contributed by atoms with van der Waals surface area (Å²) in [4.78, 5) is 13.7. The fourth-order valence-corrected chi connectivity index (χ4v) is 5.71. The third-order valence-electron chi connectivity index (χ3n) is 4.24. The Hall–Kier alpha value is -2.89. The summed E-state index contributed by atoms with van der Waals surface area (Å²) < 4.78 is 14.2. The molecule has 0 aromatic heterocycles. The molecule has 1 atom stereocenters. The molecule has 4 rings (SSSR count). The zero-order chi connectivity index (χ0) is 19.6. The molecule has 1 unspecified atom stereocenters. The van der Waals surface area contributed by atoms with E-state index < -0.39 is 13.7 Å². The molecule has 0 fully saturated rings. The summed E-state index contributed by atoms with van der Waals surface area (Å²) in [5.74, 6) is 0. The van der Waals surface area contributed by atoms with E-state index in [0.717, 1.165) is 20.0 Å². The second kappa shape index (κ2) is 7.62. The minimum atomic E-state index is -3.62. The molecule has 3 aromatic carbocycles. The Morgan fingerprint density at radius 3 is 2.21 bits per heavy atom. The molecule has 28 heavy (non-hydrogen) atoms.